The van der Waals surface area contributed by atoms with Crippen molar-refractivity contribution in [3.8, 4) is 23.3 Å². The van der Waals surface area contributed by atoms with Gasteiger partial charge in [-0.1, -0.05) is 18.2 Å². The lowest BCUT2D eigenvalue weighted by atomic mass is 10.2. The van der Waals surface area contributed by atoms with Gasteiger partial charge in [-0.3, -0.25) is 15.0 Å². The molecule has 2 aromatic carbocycles. The van der Waals surface area contributed by atoms with Crippen molar-refractivity contribution >= 4 is 17.7 Å². The standard InChI is InChI=1S/C23H20F2N4O5/c1-12-18(24)22(33-15-6-2-4-13(10-15)20(26)27)29-23(19(12)25)34-16-7-3-5-14(11-16)21(32)28-9-8-17(30)31/h2-7,10-11H,8-9H2,1H3,(H3,26,27)(H,28,32)(H,30,31). The Morgan fingerprint density at radius 2 is 1.56 bits per heavy atom. The Balaban J connectivity index is 1.85. The molecule has 0 fully saturated rings. The van der Waals surface area contributed by atoms with Crippen LogP contribution >= 0.6 is 0 Å². The molecule has 0 aliphatic heterocycles. The number of carbonyl (C=O) groups excluding carboxylic acids is 1. The number of pyridine rings is 1. The van der Waals surface area contributed by atoms with Crippen molar-refractivity contribution < 1.29 is 33.0 Å². The van der Waals surface area contributed by atoms with E-state index in [0.717, 1.165) is 0 Å². The van der Waals surface area contributed by atoms with Crippen LogP contribution in [0, 0.1) is 24.0 Å². The zero-order chi connectivity index (χ0) is 24.8. The minimum Gasteiger partial charge on any atom is -0.481 e. The number of carbonyl (C=O) groups is 2. The topological polar surface area (TPSA) is 148 Å². The Hall–Kier alpha value is -4.54. The number of halogens is 2. The van der Waals surface area contributed by atoms with Gasteiger partial charge in [-0.2, -0.15) is 4.98 Å². The van der Waals surface area contributed by atoms with Crippen LogP contribution in [-0.4, -0.2) is 34.3 Å². The van der Waals surface area contributed by atoms with Crippen LogP contribution in [0.1, 0.15) is 27.9 Å². The summed E-state index contributed by atoms with van der Waals surface area (Å²) in [5.41, 5.74) is 5.53. The second-order valence-electron chi connectivity index (χ2n) is 7.05. The summed E-state index contributed by atoms with van der Waals surface area (Å²) in [6.45, 7) is 1.11. The number of amidine groups is 1. The van der Waals surface area contributed by atoms with Gasteiger partial charge in [-0.25, -0.2) is 8.78 Å². The molecule has 0 aliphatic carbocycles. The molecule has 1 heterocycles. The number of carboxylic acid groups (broad SMARTS) is 1. The van der Waals surface area contributed by atoms with Crippen molar-refractivity contribution in [3.63, 3.8) is 0 Å². The van der Waals surface area contributed by atoms with Crippen molar-refractivity contribution in [1.82, 2.24) is 10.3 Å². The maximum absolute atomic E-state index is 14.7. The zero-order valence-corrected chi connectivity index (χ0v) is 17.9. The van der Waals surface area contributed by atoms with E-state index in [9.17, 15) is 18.4 Å². The van der Waals surface area contributed by atoms with Crippen LogP contribution in [0.3, 0.4) is 0 Å². The quantitative estimate of drug-likeness (QED) is 0.275. The maximum atomic E-state index is 14.7. The Bertz CT molecular complexity index is 1270. The number of hydrogen-bond acceptors (Lipinski definition) is 6. The summed E-state index contributed by atoms with van der Waals surface area (Å²) in [4.78, 5) is 26.6. The van der Waals surface area contributed by atoms with E-state index < -0.39 is 40.8 Å². The Morgan fingerprint density at radius 1 is 1.03 bits per heavy atom. The average Bonchev–Trinajstić information content (AvgIpc) is 2.80. The van der Waals surface area contributed by atoms with E-state index >= 15 is 0 Å². The monoisotopic (exact) mass is 470 g/mol. The number of aliphatic carboxylic acids is 1. The van der Waals surface area contributed by atoms with Gasteiger partial charge in [0, 0.05) is 23.2 Å². The highest BCUT2D eigenvalue weighted by atomic mass is 19.1. The minimum absolute atomic E-state index is 0.0350. The SMILES string of the molecule is Cc1c(F)c(Oc2cccc(C(=N)N)c2)nc(Oc2cccc(C(=O)NCCC(=O)O)c2)c1F. The fourth-order valence-electron chi connectivity index (χ4n) is 2.78. The highest BCUT2D eigenvalue weighted by molar-refractivity contribution is 5.95. The third-order valence-corrected chi connectivity index (χ3v) is 4.53. The lowest BCUT2D eigenvalue weighted by Crippen LogP contribution is -2.25. The number of benzene rings is 2. The molecule has 0 aliphatic rings. The molecule has 0 unspecified atom stereocenters. The predicted octanol–water partition coefficient (Wildman–Crippen LogP) is 3.74. The van der Waals surface area contributed by atoms with Crippen LogP contribution in [-0.2, 0) is 4.79 Å². The smallest absolute Gasteiger partial charge is 0.305 e. The Labute approximate surface area is 192 Å². The molecule has 1 amide bonds. The number of amides is 1. The number of aromatic nitrogens is 1. The largest absolute Gasteiger partial charge is 0.481 e. The molecule has 0 saturated heterocycles. The molecule has 9 nitrogen and oxygen atoms in total. The fourth-order valence-corrected chi connectivity index (χ4v) is 2.78. The molecule has 3 aromatic rings. The van der Waals surface area contributed by atoms with E-state index in [1.54, 1.807) is 12.1 Å². The predicted molar refractivity (Wildman–Crippen MR) is 118 cm³/mol. The van der Waals surface area contributed by atoms with Gasteiger partial charge in [-0.15, -0.1) is 0 Å². The van der Waals surface area contributed by atoms with E-state index in [4.69, 9.17) is 25.7 Å². The van der Waals surface area contributed by atoms with E-state index in [1.807, 2.05) is 0 Å². The molecule has 0 spiro atoms. The third kappa shape index (κ3) is 5.82. The molecular formula is C23H20F2N4O5. The summed E-state index contributed by atoms with van der Waals surface area (Å²) in [5.74, 6) is -4.91. The van der Waals surface area contributed by atoms with Crippen molar-refractivity contribution in [2.24, 2.45) is 5.73 Å². The van der Waals surface area contributed by atoms with Gasteiger partial charge in [-0.05, 0) is 37.3 Å². The number of carboxylic acids is 1. The van der Waals surface area contributed by atoms with Crippen LogP contribution in [0.2, 0.25) is 0 Å². The molecule has 0 saturated carbocycles. The van der Waals surface area contributed by atoms with Gasteiger partial charge in [0.2, 0.25) is 0 Å². The highest BCUT2D eigenvalue weighted by Gasteiger charge is 2.21. The lowest BCUT2D eigenvalue weighted by molar-refractivity contribution is -0.136. The van der Waals surface area contributed by atoms with Gasteiger partial charge in [0.25, 0.3) is 17.7 Å². The third-order valence-electron chi connectivity index (χ3n) is 4.53. The molecule has 0 radical (unpaired) electrons. The Kier molecular flexibility index (Phi) is 7.36. The minimum atomic E-state index is -1.06. The highest BCUT2D eigenvalue weighted by Crippen LogP contribution is 2.33. The first-order valence-corrected chi connectivity index (χ1v) is 9.91. The molecule has 34 heavy (non-hydrogen) atoms. The maximum Gasteiger partial charge on any atom is 0.305 e. The second-order valence-corrected chi connectivity index (χ2v) is 7.05. The van der Waals surface area contributed by atoms with E-state index in [1.165, 1.54) is 43.3 Å². The first-order chi connectivity index (χ1) is 16.2. The first-order valence-electron chi connectivity index (χ1n) is 9.91. The van der Waals surface area contributed by atoms with Gasteiger partial charge in [0.15, 0.2) is 11.6 Å². The molecule has 0 atom stereocenters. The molecule has 5 N–H and O–H groups in total. The average molecular weight is 470 g/mol. The van der Waals surface area contributed by atoms with Gasteiger partial charge < -0.3 is 25.6 Å². The van der Waals surface area contributed by atoms with Gasteiger partial charge in [0.05, 0.1) is 6.42 Å². The Morgan fingerprint density at radius 3 is 2.09 bits per heavy atom. The zero-order valence-electron chi connectivity index (χ0n) is 17.9. The van der Waals surface area contributed by atoms with Crippen LogP contribution in [0.15, 0.2) is 48.5 Å². The van der Waals surface area contributed by atoms with Crippen molar-refractivity contribution in [2.45, 2.75) is 13.3 Å². The van der Waals surface area contributed by atoms with E-state index in [0.29, 0.717) is 5.56 Å². The van der Waals surface area contributed by atoms with Gasteiger partial charge >= 0.3 is 5.97 Å². The van der Waals surface area contributed by atoms with Gasteiger partial charge in [0.1, 0.15) is 17.3 Å². The number of nitrogens with one attached hydrogen (secondary N) is 2. The van der Waals surface area contributed by atoms with Crippen LogP contribution < -0.4 is 20.5 Å². The van der Waals surface area contributed by atoms with E-state index in [-0.39, 0.29) is 35.9 Å². The summed E-state index contributed by atoms with van der Waals surface area (Å²) >= 11 is 0. The van der Waals surface area contributed by atoms with Crippen LogP contribution in [0.25, 0.3) is 0 Å². The second kappa shape index (κ2) is 10.4. The van der Waals surface area contributed by atoms with Crippen LogP contribution in [0.4, 0.5) is 8.78 Å². The van der Waals surface area contributed by atoms with E-state index in [2.05, 4.69) is 10.3 Å². The molecule has 176 valence electrons. The number of nitrogens with two attached hydrogens (primary N) is 1. The molecule has 0 bridgehead atoms. The summed E-state index contributed by atoms with van der Waals surface area (Å²) in [5, 5.41) is 18.6. The number of hydrogen-bond donors (Lipinski definition) is 4. The number of ether oxygens (including phenoxy) is 2. The summed E-state index contributed by atoms with van der Waals surface area (Å²) < 4.78 is 40.2. The fraction of sp³-hybridized carbons (Fsp3) is 0.130. The summed E-state index contributed by atoms with van der Waals surface area (Å²) in [6, 6.07) is 11.7. The number of nitrogens with zero attached hydrogens (tertiary/aromatic N) is 1. The summed E-state index contributed by atoms with van der Waals surface area (Å²) in [7, 11) is 0. The summed E-state index contributed by atoms with van der Waals surface area (Å²) in [6.07, 6.45) is -0.246. The first kappa shape index (κ1) is 24.1. The molecular weight excluding hydrogens is 450 g/mol. The van der Waals surface area contributed by atoms with Crippen molar-refractivity contribution in [2.75, 3.05) is 6.54 Å². The van der Waals surface area contributed by atoms with Crippen LogP contribution in [0.5, 0.6) is 23.3 Å². The molecule has 1 aromatic heterocycles. The number of nitrogen functional groups attached to an aromatic ring is 1. The molecule has 3 rings (SSSR count). The van der Waals surface area contributed by atoms with Crippen molar-refractivity contribution in [3.05, 3.63) is 76.9 Å². The molecule has 11 heteroatoms. The lowest BCUT2D eigenvalue weighted by Gasteiger charge is -2.13. The van der Waals surface area contributed by atoms with Crippen molar-refractivity contribution in [1.29, 1.82) is 5.41 Å². The normalized spacial score (nSPS) is 10.4. The number of rotatable bonds is 9.